The first-order valence-corrected chi connectivity index (χ1v) is 11.3. The third-order valence-corrected chi connectivity index (χ3v) is 6.74. The summed E-state index contributed by atoms with van der Waals surface area (Å²) in [5, 5.41) is 33.5. The van der Waals surface area contributed by atoms with Gasteiger partial charge in [-0.1, -0.05) is 40.7 Å². The van der Waals surface area contributed by atoms with Crippen LogP contribution in [0.15, 0.2) is 12.2 Å². The molecule has 0 spiro atoms. The lowest BCUT2D eigenvalue weighted by atomic mass is 9.83. The lowest BCUT2D eigenvalue weighted by Crippen LogP contribution is -2.59. The third-order valence-electron chi connectivity index (χ3n) is 6.74. The molecule has 1 fully saturated rings. The summed E-state index contributed by atoms with van der Waals surface area (Å²) in [5.74, 6) is -1.22. The third kappa shape index (κ3) is 6.14. The second-order valence-electron chi connectivity index (χ2n) is 9.33. The first-order chi connectivity index (χ1) is 14.5. The van der Waals surface area contributed by atoms with E-state index in [1.807, 2.05) is 33.8 Å². The van der Waals surface area contributed by atoms with Crippen LogP contribution in [0.2, 0.25) is 0 Å². The zero-order valence-electron chi connectivity index (χ0n) is 19.4. The highest BCUT2D eigenvalue weighted by molar-refractivity contribution is 5.91. The zero-order chi connectivity index (χ0) is 23.5. The molecule has 2 rings (SSSR count). The van der Waals surface area contributed by atoms with E-state index in [1.54, 1.807) is 19.9 Å². The molecule has 178 valence electrons. The molecule has 0 radical (unpaired) electrons. The Kier molecular flexibility index (Phi) is 9.21. The molecule has 31 heavy (non-hydrogen) atoms. The van der Waals surface area contributed by atoms with Crippen LogP contribution in [0.1, 0.15) is 54.4 Å². The summed E-state index contributed by atoms with van der Waals surface area (Å²) in [6.45, 7) is 11.0. The Morgan fingerprint density at radius 1 is 1.06 bits per heavy atom. The van der Waals surface area contributed by atoms with Crippen LogP contribution in [0, 0.1) is 23.7 Å². The Hall–Kier alpha value is -1.32. The molecule has 0 aromatic heterocycles. The minimum Gasteiger partial charge on any atom is -0.388 e. The Morgan fingerprint density at radius 2 is 1.71 bits per heavy atom. The molecule has 0 aliphatic carbocycles. The quantitative estimate of drug-likeness (QED) is 0.518. The molecule has 1 saturated heterocycles. The topological polar surface area (TPSA) is 125 Å². The number of ether oxygens (including phenoxy) is 2. The van der Waals surface area contributed by atoms with Crippen molar-refractivity contribution < 1.29 is 34.4 Å². The number of aliphatic hydroxyl groups excluding tert-OH is 3. The van der Waals surface area contributed by atoms with Gasteiger partial charge in [-0.15, -0.1) is 0 Å². The summed E-state index contributed by atoms with van der Waals surface area (Å²) in [6, 6.07) is -0.127. The number of carbonyl (C=O) groups excluding carboxylic acids is 2. The summed E-state index contributed by atoms with van der Waals surface area (Å²) in [4.78, 5) is 25.7. The van der Waals surface area contributed by atoms with Gasteiger partial charge in [-0.3, -0.25) is 9.59 Å². The van der Waals surface area contributed by atoms with Crippen LogP contribution in [-0.2, 0) is 19.1 Å². The van der Waals surface area contributed by atoms with Crippen molar-refractivity contribution in [3.8, 4) is 0 Å². The maximum absolute atomic E-state index is 13.1. The van der Waals surface area contributed by atoms with Gasteiger partial charge in [0.25, 0.3) is 0 Å². The van der Waals surface area contributed by atoms with E-state index in [2.05, 4.69) is 5.32 Å². The van der Waals surface area contributed by atoms with Gasteiger partial charge in [-0.25, -0.2) is 0 Å². The van der Waals surface area contributed by atoms with Crippen molar-refractivity contribution in [1.29, 1.82) is 0 Å². The fourth-order valence-electron chi connectivity index (χ4n) is 4.45. The van der Waals surface area contributed by atoms with Crippen LogP contribution in [0.25, 0.3) is 0 Å². The summed E-state index contributed by atoms with van der Waals surface area (Å²) < 4.78 is 11.7. The molecule has 1 amide bonds. The highest BCUT2D eigenvalue weighted by Crippen LogP contribution is 2.30. The minimum atomic E-state index is -1.46. The fraction of sp³-hybridized carbons (Fsp3) is 0.826. The van der Waals surface area contributed by atoms with Gasteiger partial charge < -0.3 is 30.1 Å². The molecular formula is C23H39NO7. The summed E-state index contributed by atoms with van der Waals surface area (Å²) in [6.07, 6.45) is -2.07. The number of allylic oxidation sites excluding steroid dienone is 1. The molecule has 8 nitrogen and oxygen atoms in total. The normalized spacial score (nSPS) is 46.5. The van der Waals surface area contributed by atoms with Gasteiger partial charge in [0.05, 0.1) is 18.1 Å². The van der Waals surface area contributed by atoms with E-state index in [9.17, 15) is 24.9 Å². The highest BCUT2D eigenvalue weighted by Gasteiger charge is 2.45. The van der Waals surface area contributed by atoms with Crippen LogP contribution >= 0.6 is 0 Å². The molecule has 0 aromatic carbocycles. The zero-order valence-corrected chi connectivity index (χ0v) is 19.4. The van der Waals surface area contributed by atoms with Crippen molar-refractivity contribution in [2.45, 2.75) is 97.2 Å². The lowest BCUT2D eigenvalue weighted by Gasteiger charge is -2.42. The average Bonchev–Trinajstić information content (AvgIpc) is 2.73. The van der Waals surface area contributed by atoms with E-state index in [1.165, 1.54) is 0 Å². The summed E-state index contributed by atoms with van der Waals surface area (Å²) in [5.41, 5.74) is 0. The maximum atomic E-state index is 13.1. The van der Waals surface area contributed by atoms with Gasteiger partial charge in [-0.2, -0.15) is 0 Å². The van der Waals surface area contributed by atoms with Crippen LogP contribution in [0.4, 0.5) is 0 Å². The molecule has 11 atom stereocenters. The number of aliphatic hydroxyl groups is 3. The number of hydrogen-bond donors (Lipinski definition) is 4. The van der Waals surface area contributed by atoms with Gasteiger partial charge in [0.15, 0.2) is 12.1 Å². The van der Waals surface area contributed by atoms with Crippen molar-refractivity contribution >= 4 is 11.7 Å². The molecular weight excluding hydrogens is 402 g/mol. The highest BCUT2D eigenvalue weighted by atomic mass is 16.7. The van der Waals surface area contributed by atoms with Crippen LogP contribution in [0.5, 0.6) is 0 Å². The van der Waals surface area contributed by atoms with Crippen molar-refractivity contribution in [2.75, 3.05) is 0 Å². The van der Waals surface area contributed by atoms with Gasteiger partial charge >= 0.3 is 0 Å². The van der Waals surface area contributed by atoms with E-state index in [-0.39, 0.29) is 35.5 Å². The van der Waals surface area contributed by atoms with E-state index in [4.69, 9.17) is 9.47 Å². The van der Waals surface area contributed by atoms with E-state index < -0.39 is 42.7 Å². The Balaban J connectivity index is 2.31. The number of rotatable bonds is 3. The number of carbonyl (C=O) groups is 2. The molecule has 0 bridgehead atoms. The molecule has 0 saturated carbocycles. The predicted octanol–water partition coefficient (Wildman–Crippen LogP) is 1.17. The molecule has 0 aromatic rings. The predicted molar refractivity (Wildman–Crippen MR) is 115 cm³/mol. The summed E-state index contributed by atoms with van der Waals surface area (Å²) >= 11 is 0. The largest absolute Gasteiger partial charge is 0.388 e. The molecule has 2 aliphatic heterocycles. The Morgan fingerprint density at radius 3 is 2.32 bits per heavy atom. The number of hydrogen-bond acceptors (Lipinski definition) is 7. The van der Waals surface area contributed by atoms with Crippen LogP contribution in [0.3, 0.4) is 0 Å². The van der Waals surface area contributed by atoms with Crippen LogP contribution in [-0.4, -0.2) is 69.9 Å². The van der Waals surface area contributed by atoms with Gasteiger partial charge in [0.2, 0.25) is 5.91 Å². The van der Waals surface area contributed by atoms with Crippen LogP contribution < -0.4 is 5.32 Å². The first kappa shape index (κ1) is 25.9. The second-order valence-corrected chi connectivity index (χ2v) is 9.33. The SMILES string of the molecule is CCC1NC(=O)[C@H](C)C(O[C@H]2O[C@@H](C)[C@H](O)[C@@H](O)[C@H]2O)[C@@H](C)C[C@@H](C)C(=O)/C=C\[C@H]1C. The standard InChI is InChI=1S/C23H39NO7/c1-7-16-11(2)8-9-17(25)12(3)10-13(4)21(14(5)22(29)24-16)31-23-20(28)19(27)18(26)15(6)30-23/h8-9,11-16,18-21,23,26-28H,7,10H2,1-6H3,(H,24,29)/b9-8-/t11-,12-,13+,14-,15+,16?,18+,19-,20-,21?,23-/m1/s1. The van der Waals surface area contributed by atoms with E-state index in [0.29, 0.717) is 12.8 Å². The molecule has 2 aliphatic rings. The maximum Gasteiger partial charge on any atom is 0.225 e. The van der Waals surface area contributed by atoms with Gasteiger partial charge in [-0.05, 0) is 37.7 Å². The molecule has 2 unspecified atom stereocenters. The van der Waals surface area contributed by atoms with Crippen molar-refractivity contribution in [1.82, 2.24) is 5.32 Å². The van der Waals surface area contributed by atoms with Gasteiger partial charge in [0, 0.05) is 12.0 Å². The lowest BCUT2D eigenvalue weighted by molar-refractivity contribution is -0.310. The molecule has 8 heteroatoms. The summed E-state index contributed by atoms with van der Waals surface area (Å²) in [7, 11) is 0. The Bertz CT molecular complexity index is 654. The number of amides is 1. The molecule has 4 N–H and O–H groups in total. The second kappa shape index (κ2) is 11.0. The fourth-order valence-corrected chi connectivity index (χ4v) is 4.45. The molecule has 2 heterocycles. The van der Waals surface area contributed by atoms with Crippen molar-refractivity contribution in [3.05, 3.63) is 12.2 Å². The van der Waals surface area contributed by atoms with E-state index >= 15 is 0 Å². The van der Waals surface area contributed by atoms with Gasteiger partial charge in [0.1, 0.15) is 18.3 Å². The van der Waals surface area contributed by atoms with Crippen molar-refractivity contribution in [3.63, 3.8) is 0 Å². The minimum absolute atomic E-state index is 0.00509. The number of ketones is 1. The monoisotopic (exact) mass is 441 g/mol. The average molecular weight is 442 g/mol. The smallest absolute Gasteiger partial charge is 0.225 e. The first-order valence-electron chi connectivity index (χ1n) is 11.3. The Labute approximate surface area is 185 Å². The number of nitrogens with one attached hydrogen (secondary N) is 1. The van der Waals surface area contributed by atoms with E-state index in [0.717, 1.165) is 0 Å². The van der Waals surface area contributed by atoms with Crippen molar-refractivity contribution in [2.24, 2.45) is 23.7 Å².